The first-order valence-corrected chi connectivity index (χ1v) is 7.08. The number of carboxylic acid groups (broad SMARTS) is 1. The van der Waals surface area contributed by atoms with Crippen LogP contribution in [0.15, 0.2) is 18.2 Å². The van der Waals surface area contributed by atoms with Crippen LogP contribution in [-0.2, 0) is 17.8 Å². The molecule has 1 aliphatic rings. The third-order valence-electron chi connectivity index (χ3n) is 3.67. The van der Waals surface area contributed by atoms with Crippen molar-refractivity contribution in [2.24, 2.45) is 0 Å². The molecular weight excluding hydrogens is 254 g/mol. The molecule has 0 aromatic heterocycles. The Bertz CT molecular complexity index is 491. The van der Waals surface area contributed by atoms with Crippen molar-refractivity contribution >= 4 is 5.97 Å². The number of hydrogen-bond acceptors (Lipinski definition) is 3. The zero-order valence-corrected chi connectivity index (χ0v) is 12.5. The molecule has 20 heavy (non-hydrogen) atoms. The monoisotopic (exact) mass is 277 g/mol. The summed E-state index contributed by atoms with van der Waals surface area (Å²) in [5, 5.41) is 8.88. The molecular formula is C16H23NO3. The summed E-state index contributed by atoms with van der Waals surface area (Å²) in [5.74, 6) is 0.239. The summed E-state index contributed by atoms with van der Waals surface area (Å²) in [6.07, 6.45) is 1.14. The van der Waals surface area contributed by atoms with Crippen LogP contribution in [0.4, 0.5) is 0 Å². The molecule has 1 N–H and O–H groups in total. The highest BCUT2D eigenvalue weighted by Gasteiger charge is 2.22. The van der Waals surface area contributed by atoms with Crippen LogP contribution in [0.2, 0.25) is 0 Å². The molecule has 0 bridgehead atoms. The Hall–Kier alpha value is -1.55. The predicted octanol–water partition coefficient (Wildman–Crippen LogP) is 2.70. The molecule has 0 atom stereocenters. The smallest absolute Gasteiger partial charge is 0.304 e. The SMILES string of the molecule is CC(C)(C)N(CCC(=O)O)Cc1ccc2c(c1)CCO2. The Morgan fingerprint density at radius 2 is 2.15 bits per heavy atom. The molecule has 1 heterocycles. The first kappa shape index (κ1) is 14.9. The molecule has 4 nitrogen and oxygen atoms in total. The van der Waals surface area contributed by atoms with Crippen LogP contribution in [0.5, 0.6) is 5.75 Å². The molecule has 1 aromatic carbocycles. The van der Waals surface area contributed by atoms with Gasteiger partial charge in [-0.2, -0.15) is 0 Å². The molecule has 0 spiro atoms. The van der Waals surface area contributed by atoms with E-state index in [2.05, 4.69) is 37.8 Å². The lowest BCUT2D eigenvalue weighted by molar-refractivity contribution is -0.137. The molecule has 2 rings (SSSR count). The minimum absolute atomic E-state index is 0.0506. The maximum absolute atomic E-state index is 10.8. The summed E-state index contributed by atoms with van der Waals surface area (Å²) in [7, 11) is 0. The van der Waals surface area contributed by atoms with Crippen molar-refractivity contribution in [1.29, 1.82) is 0 Å². The summed E-state index contributed by atoms with van der Waals surface area (Å²) in [6, 6.07) is 6.28. The van der Waals surface area contributed by atoms with Crippen molar-refractivity contribution in [3.05, 3.63) is 29.3 Å². The summed E-state index contributed by atoms with van der Waals surface area (Å²) in [4.78, 5) is 13.0. The highest BCUT2D eigenvalue weighted by atomic mass is 16.5. The number of carbonyl (C=O) groups is 1. The van der Waals surface area contributed by atoms with Gasteiger partial charge in [0.25, 0.3) is 0 Å². The lowest BCUT2D eigenvalue weighted by atomic mass is 10.0. The largest absolute Gasteiger partial charge is 0.493 e. The molecule has 1 aromatic rings. The summed E-state index contributed by atoms with van der Waals surface area (Å²) >= 11 is 0. The van der Waals surface area contributed by atoms with Crippen LogP contribution in [-0.4, -0.2) is 34.7 Å². The van der Waals surface area contributed by atoms with E-state index >= 15 is 0 Å². The zero-order chi connectivity index (χ0) is 14.8. The van der Waals surface area contributed by atoms with Crippen LogP contribution in [0, 0.1) is 0 Å². The van der Waals surface area contributed by atoms with Gasteiger partial charge in [-0.25, -0.2) is 0 Å². The average molecular weight is 277 g/mol. The second-order valence-electron chi connectivity index (χ2n) is 6.28. The molecule has 0 saturated carbocycles. The van der Waals surface area contributed by atoms with Gasteiger partial charge >= 0.3 is 5.97 Å². The molecule has 0 amide bonds. The number of nitrogens with zero attached hydrogens (tertiary/aromatic N) is 1. The Morgan fingerprint density at radius 1 is 1.40 bits per heavy atom. The third-order valence-corrected chi connectivity index (χ3v) is 3.67. The van der Waals surface area contributed by atoms with Crippen molar-refractivity contribution in [3.8, 4) is 5.75 Å². The fraction of sp³-hybridized carbons (Fsp3) is 0.562. The number of fused-ring (bicyclic) bond motifs is 1. The van der Waals surface area contributed by atoms with E-state index in [0.29, 0.717) is 6.54 Å². The van der Waals surface area contributed by atoms with Gasteiger partial charge in [0.2, 0.25) is 0 Å². The number of benzene rings is 1. The van der Waals surface area contributed by atoms with E-state index < -0.39 is 5.97 Å². The van der Waals surface area contributed by atoms with Crippen molar-refractivity contribution in [2.75, 3.05) is 13.2 Å². The maximum Gasteiger partial charge on any atom is 0.304 e. The average Bonchev–Trinajstić information content (AvgIpc) is 2.79. The Labute approximate surface area is 120 Å². The summed E-state index contributed by atoms with van der Waals surface area (Å²) in [5.41, 5.74) is 2.43. The lowest BCUT2D eigenvalue weighted by Crippen LogP contribution is -2.42. The molecule has 0 aliphatic carbocycles. The van der Waals surface area contributed by atoms with Crippen molar-refractivity contribution in [2.45, 2.75) is 45.7 Å². The molecule has 0 saturated heterocycles. The Morgan fingerprint density at radius 3 is 2.80 bits per heavy atom. The Kier molecular flexibility index (Phi) is 4.33. The number of ether oxygens (including phenoxy) is 1. The maximum atomic E-state index is 10.8. The highest BCUT2D eigenvalue weighted by Crippen LogP contribution is 2.27. The third kappa shape index (κ3) is 3.73. The van der Waals surface area contributed by atoms with Gasteiger partial charge in [-0.1, -0.05) is 12.1 Å². The minimum Gasteiger partial charge on any atom is -0.493 e. The van der Waals surface area contributed by atoms with Gasteiger partial charge in [-0.3, -0.25) is 9.69 Å². The van der Waals surface area contributed by atoms with Crippen LogP contribution in [0.1, 0.15) is 38.3 Å². The van der Waals surface area contributed by atoms with E-state index in [4.69, 9.17) is 9.84 Å². The van der Waals surface area contributed by atoms with Crippen molar-refractivity contribution in [3.63, 3.8) is 0 Å². The van der Waals surface area contributed by atoms with Gasteiger partial charge in [0.15, 0.2) is 0 Å². The van der Waals surface area contributed by atoms with E-state index in [1.807, 2.05) is 6.07 Å². The fourth-order valence-electron chi connectivity index (χ4n) is 2.44. The van der Waals surface area contributed by atoms with E-state index in [9.17, 15) is 4.79 Å². The Balaban J connectivity index is 2.09. The molecule has 4 heteroatoms. The molecule has 1 aliphatic heterocycles. The van der Waals surface area contributed by atoms with Crippen LogP contribution < -0.4 is 4.74 Å². The zero-order valence-electron chi connectivity index (χ0n) is 12.5. The minimum atomic E-state index is -0.749. The van der Waals surface area contributed by atoms with Crippen molar-refractivity contribution < 1.29 is 14.6 Å². The topological polar surface area (TPSA) is 49.8 Å². The van der Waals surface area contributed by atoms with Gasteiger partial charge in [0.1, 0.15) is 5.75 Å². The predicted molar refractivity (Wildman–Crippen MR) is 78.1 cm³/mol. The molecule has 0 fully saturated rings. The van der Waals surface area contributed by atoms with Gasteiger partial charge in [0.05, 0.1) is 13.0 Å². The number of rotatable bonds is 5. The second kappa shape index (κ2) is 5.83. The quantitative estimate of drug-likeness (QED) is 0.899. The van der Waals surface area contributed by atoms with E-state index in [0.717, 1.165) is 25.3 Å². The number of hydrogen-bond donors (Lipinski definition) is 1. The van der Waals surface area contributed by atoms with Gasteiger partial charge in [-0.15, -0.1) is 0 Å². The van der Waals surface area contributed by atoms with E-state index in [-0.39, 0.29) is 12.0 Å². The van der Waals surface area contributed by atoms with Crippen LogP contribution >= 0.6 is 0 Å². The normalized spacial score (nSPS) is 14.2. The summed E-state index contributed by atoms with van der Waals surface area (Å²) in [6.45, 7) is 8.44. The number of carboxylic acids is 1. The lowest BCUT2D eigenvalue weighted by Gasteiger charge is -2.35. The van der Waals surface area contributed by atoms with Gasteiger partial charge in [0, 0.05) is 25.0 Å². The van der Waals surface area contributed by atoms with E-state index in [1.54, 1.807) is 0 Å². The fourth-order valence-corrected chi connectivity index (χ4v) is 2.44. The number of aliphatic carboxylic acids is 1. The highest BCUT2D eigenvalue weighted by molar-refractivity contribution is 5.66. The molecule has 0 radical (unpaired) electrons. The van der Waals surface area contributed by atoms with Crippen LogP contribution in [0.3, 0.4) is 0 Å². The van der Waals surface area contributed by atoms with Gasteiger partial charge < -0.3 is 9.84 Å². The summed E-state index contributed by atoms with van der Waals surface area (Å²) < 4.78 is 5.51. The van der Waals surface area contributed by atoms with Crippen molar-refractivity contribution in [1.82, 2.24) is 4.90 Å². The van der Waals surface area contributed by atoms with Crippen LogP contribution in [0.25, 0.3) is 0 Å². The molecule has 0 unspecified atom stereocenters. The van der Waals surface area contributed by atoms with Gasteiger partial charge in [-0.05, 0) is 38.0 Å². The van der Waals surface area contributed by atoms with E-state index in [1.165, 1.54) is 11.1 Å². The second-order valence-corrected chi connectivity index (χ2v) is 6.28. The molecule has 110 valence electrons. The standard InChI is InChI=1S/C16H23NO3/c1-16(2,3)17(8-6-15(18)19)11-12-4-5-14-13(10-12)7-9-20-14/h4-5,10H,6-9,11H2,1-3H3,(H,18,19). The first-order valence-electron chi connectivity index (χ1n) is 7.08. The first-order chi connectivity index (χ1) is 9.36.